The summed E-state index contributed by atoms with van der Waals surface area (Å²) in [6.45, 7) is 0. The van der Waals surface area contributed by atoms with E-state index in [2.05, 4.69) is 203 Å². The fourth-order valence-corrected chi connectivity index (χ4v) is 8.39. The Hall–Kier alpha value is -7.56. The van der Waals surface area contributed by atoms with Crippen LogP contribution in [0.1, 0.15) is 0 Å². The van der Waals surface area contributed by atoms with Gasteiger partial charge in [0.1, 0.15) is 0 Å². The number of hydrogen-bond acceptors (Lipinski definition) is 2. The minimum absolute atomic E-state index is 0.688. The van der Waals surface area contributed by atoms with E-state index in [0.29, 0.717) is 5.82 Å². The van der Waals surface area contributed by atoms with Crippen LogP contribution in [0.2, 0.25) is 0 Å². The van der Waals surface area contributed by atoms with E-state index in [1.807, 2.05) is 12.1 Å². The summed E-state index contributed by atoms with van der Waals surface area (Å²) in [4.78, 5) is 10.3. The molecular weight excluding hydrogens is 681 g/mol. The first kappa shape index (κ1) is 31.9. The first-order valence-electron chi connectivity index (χ1n) is 19.0. The van der Waals surface area contributed by atoms with Crippen molar-refractivity contribution in [2.24, 2.45) is 0 Å². The van der Waals surface area contributed by atoms with Gasteiger partial charge in [-0.1, -0.05) is 152 Å². The second-order valence-corrected chi connectivity index (χ2v) is 14.2. The molecule has 0 atom stereocenters. The molecule has 0 aliphatic carbocycles. The summed E-state index contributed by atoms with van der Waals surface area (Å²) < 4.78 is 4.79. The molecule has 0 bridgehead atoms. The SMILES string of the molecule is c1ccc(-c2cc(-c3ccccc3)nc(-c3cccc(-n4c5ccccc5c5cccc(-c6ccc7c(c6)c6ccccc6n7-c6ccccc6)c54)c3)n2)cc1. The molecule has 0 amide bonds. The molecule has 0 saturated carbocycles. The molecule has 0 fully saturated rings. The van der Waals surface area contributed by atoms with E-state index in [-0.39, 0.29) is 0 Å². The van der Waals surface area contributed by atoms with E-state index in [4.69, 9.17) is 9.97 Å². The lowest BCUT2D eigenvalue weighted by atomic mass is 9.99. The molecule has 0 aliphatic rings. The zero-order chi connectivity index (χ0) is 37.0. The predicted molar refractivity (Wildman–Crippen MR) is 232 cm³/mol. The number of nitrogens with zero attached hydrogens (tertiary/aromatic N) is 4. The van der Waals surface area contributed by atoms with Crippen LogP contribution in [-0.2, 0) is 0 Å². The number of para-hydroxylation sites is 4. The van der Waals surface area contributed by atoms with Crippen LogP contribution in [-0.4, -0.2) is 19.1 Å². The van der Waals surface area contributed by atoms with E-state index < -0.39 is 0 Å². The summed E-state index contributed by atoms with van der Waals surface area (Å²) in [5, 5.41) is 4.89. The first-order chi connectivity index (χ1) is 27.8. The first-order valence-corrected chi connectivity index (χ1v) is 19.0. The second kappa shape index (κ2) is 13.1. The molecule has 0 spiro atoms. The zero-order valence-electron chi connectivity index (χ0n) is 30.4. The van der Waals surface area contributed by atoms with Crippen molar-refractivity contribution in [2.75, 3.05) is 0 Å². The Morgan fingerprint density at radius 3 is 1.52 bits per heavy atom. The van der Waals surface area contributed by atoms with Crippen LogP contribution < -0.4 is 0 Å². The fourth-order valence-electron chi connectivity index (χ4n) is 8.39. The van der Waals surface area contributed by atoms with E-state index >= 15 is 0 Å². The smallest absolute Gasteiger partial charge is 0.160 e. The lowest BCUT2D eigenvalue weighted by molar-refractivity contribution is 1.16. The summed E-state index contributed by atoms with van der Waals surface area (Å²) in [6.07, 6.45) is 0. The minimum atomic E-state index is 0.688. The topological polar surface area (TPSA) is 35.6 Å². The van der Waals surface area contributed by atoms with E-state index in [1.54, 1.807) is 0 Å². The second-order valence-electron chi connectivity index (χ2n) is 14.2. The summed E-state index contributed by atoms with van der Waals surface area (Å²) in [6, 6.07) is 73.2. The van der Waals surface area contributed by atoms with Crippen molar-refractivity contribution in [1.82, 2.24) is 19.1 Å². The molecule has 0 N–H and O–H groups in total. The molecule has 0 saturated heterocycles. The van der Waals surface area contributed by atoms with Crippen LogP contribution in [0.15, 0.2) is 206 Å². The fraction of sp³-hybridized carbons (Fsp3) is 0. The Kier molecular flexibility index (Phi) is 7.46. The zero-order valence-corrected chi connectivity index (χ0v) is 30.4. The summed E-state index contributed by atoms with van der Waals surface area (Å²) >= 11 is 0. The van der Waals surface area contributed by atoms with Gasteiger partial charge in [-0.15, -0.1) is 0 Å². The standard InChI is InChI=1S/C52H34N4/c1-4-16-35(17-5-1)46-34-47(36-18-6-2-7-19-36)54-52(53-46)38-20-14-23-40(32-38)56-49-29-13-10-24-42(49)44-27-15-26-41(51(44)56)37-30-31-50-45(33-37)43-25-11-12-28-48(43)55(50)39-21-8-3-9-22-39/h1-34H. The lowest BCUT2D eigenvalue weighted by Crippen LogP contribution is -1.99. The summed E-state index contributed by atoms with van der Waals surface area (Å²) in [5.41, 5.74) is 14.1. The maximum Gasteiger partial charge on any atom is 0.160 e. The van der Waals surface area contributed by atoms with Gasteiger partial charge in [0, 0.05) is 55.2 Å². The number of aromatic nitrogens is 4. The highest BCUT2D eigenvalue weighted by atomic mass is 15.0. The van der Waals surface area contributed by atoms with Gasteiger partial charge < -0.3 is 9.13 Å². The van der Waals surface area contributed by atoms with E-state index in [0.717, 1.165) is 45.0 Å². The highest BCUT2D eigenvalue weighted by Gasteiger charge is 2.19. The molecule has 3 aromatic heterocycles. The van der Waals surface area contributed by atoms with Crippen LogP contribution in [0.3, 0.4) is 0 Å². The molecule has 0 radical (unpaired) electrons. The van der Waals surface area contributed by atoms with Gasteiger partial charge >= 0.3 is 0 Å². The Morgan fingerprint density at radius 1 is 0.304 bits per heavy atom. The average molecular weight is 715 g/mol. The van der Waals surface area contributed by atoms with Crippen LogP contribution >= 0.6 is 0 Å². The predicted octanol–water partition coefficient (Wildman–Crippen LogP) is 13.3. The maximum atomic E-state index is 5.17. The van der Waals surface area contributed by atoms with Crippen LogP contribution in [0.4, 0.5) is 0 Å². The van der Waals surface area contributed by atoms with Crippen molar-refractivity contribution < 1.29 is 0 Å². The quantitative estimate of drug-likeness (QED) is 0.172. The molecule has 56 heavy (non-hydrogen) atoms. The largest absolute Gasteiger partial charge is 0.309 e. The third kappa shape index (κ3) is 5.23. The molecule has 8 aromatic carbocycles. The average Bonchev–Trinajstić information content (AvgIpc) is 3.80. The van der Waals surface area contributed by atoms with E-state index in [9.17, 15) is 0 Å². The Bertz CT molecular complexity index is 3170. The van der Waals surface area contributed by atoms with Crippen molar-refractivity contribution in [3.05, 3.63) is 206 Å². The third-order valence-electron chi connectivity index (χ3n) is 10.9. The van der Waals surface area contributed by atoms with Crippen molar-refractivity contribution >= 4 is 43.6 Å². The van der Waals surface area contributed by atoms with Gasteiger partial charge in [-0.05, 0) is 60.2 Å². The minimum Gasteiger partial charge on any atom is -0.309 e. The molecular formula is C52H34N4. The number of fused-ring (bicyclic) bond motifs is 6. The van der Waals surface area contributed by atoms with Crippen molar-refractivity contribution in [2.45, 2.75) is 0 Å². The highest BCUT2D eigenvalue weighted by Crippen LogP contribution is 2.41. The summed E-state index contributed by atoms with van der Waals surface area (Å²) in [5.74, 6) is 0.688. The molecule has 4 heteroatoms. The van der Waals surface area contributed by atoms with Gasteiger partial charge in [0.15, 0.2) is 5.82 Å². The lowest BCUT2D eigenvalue weighted by Gasteiger charge is -2.14. The molecule has 4 nitrogen and oxygen atoms in total. The summed E-state index contributed by atoms with van der Waals surface area (Å²) in [7, 11) is 0. The number of rotatable bonds is 6. The van der Waals surface area contributed by atoms with Gasteiger partial charge in [0.05, 0.1) is 33.5 Å². The van der Waals surface area contributed by atoms with Gasteiger partial charge in [-0.3, -0.25) is 0 Å². The molecule has 262 valence electrons. The Balaban J connectivity index is 1.12. The molecule has 0 aliphatic heterocycles. The van der Waals surface area contributed by atoms with Crippen LogP contribution in [0.5, 0.6) is 0 Å². The van der Waals surface area contributed by atoms with E-state index in [1.165, 1.54) is 49.2 Å². The van der Waals surface area contributed by atoms with Crippen molar-refractivity contribution in [3.63, 3.8) is 0 Å². The third-order valence-corrected chi connectivity index (χ3v) is 10.9. The number of benzene rings is 8. The van der Waals surface area contributed by atoms with Crippen LogP contribution in [0, 0.1) is 0 Å². The van der Waals surface area contributed by atoms with Crippen LogP contribution in [0.25, 0.3) is 100 Å². The molecule has 0 unspecified atom stereocenters. The van der Waals surface area contributed by atoms with Crippen molar-refractivity contribution in [3.8, 4) is 56.4 Å². The van der Waals surface area contributed by atoms with Gasteiger partial charge in [-0.25, -0.2) is 9.97 Å². The monoisotopic (exact) mass is 714 g/mol. The molecule has 3 heterocycles. The van der Waals surface area contributed by atoms with Gasteiger partial charge in [0.2, 0.25) is 0 Å². The van der Waals surface area contributed by atoms with Gasteiger partial charge in [0.25, 0.3) is 0 Å². The van der Waals surface area contributed by atoms with Gasteiger partial charge in [-0.2, -0.15) is 0 Å². The molecule has 11 rings (SSSR count). The number of hydrogen-bond donors (Lipinski definition) is 0. The van der Waals surface area contributed by atoms with Crippen molar-refractivity contribution in [1.29, 1.82) is 0 Å². The normalized spacial score (nSPS) is 11.6. The molecule has 11 aromatic rings. The Morgan fingerprint density at radius 2 is 0.821 bits per heavy atom. The maximum absolute atomic E-state index is 5.17. The Labute approximate surface area is 324 Å². The highest BCUT2D eigenvalue weighted by molar-refractivity contribution is 6.15.